The number of benzene rings is 1. The second-order valence-electron chi connectivity index (χ2n) is 4.21. The van der Waals surface area contributed by atoms with E-state index in [2.05, 4.69) is 14.9 Å². The molecule has 8 nitrogen and oxygen atoms in total. The van der Waals surface area contributed by atoms with Crippen molar-refractivity contribution in [3.63, 3.8) is 0 Å². The maximum absolute atomic E-state index is 12.2. The number of imidazole rings is 1. The van der Waals surface area contributed by atoms with E-state index in [0.717, 1.165) is 0 Å². The van der Waals surface area contributed by atoms with Crippen molar-refractivity contribution in [1.29, 1.82) is 0 Å². The van der Waals surface area contributed by atoms with Crippen molar-refractivity contribution in [3.8, 4) is 0 Å². The number of anilines is 1. The fraction of sp³-hybridized carbons (Fsp3) is 0.167. The van der Waals surface area contributed by atoms with Crippen LogP contribution in [0.2, 0.25) is 0 Å². The van der Waals surface area contributed by atoms with Gasteiger partial charge in [0.15, 0.2) is 10.9 Å². The van der Waals surface area contributed by atoms with Crippen LogP contribution in [0, 0.1) is 0 Å². The molecule has 0 unspecified atom stereocenters. The highest BCUT2D eigenvalue weighted by Gasteiger charge is 2.17. The normalized spacial score (nSPS) is 12.3. The minimum atomic E-state index is -3.78. The molecule has 9 heteroatoms. The standard InChI is InChI=1S/C12H15N5O3S/c1-2-17-7-11(14-8-17)21(19,20)16-10-5-3-4-9(6-10)12(13)15-18/h3-8,16,18H,2H2,1H3,(H2,13,15). The van der Waals surface area contributed by atoms with Crippen molar-refractivity contribution in [2.24, 2.45) is 10.9 Å². The van der Waals surface area contributed by atoms with Crippen LogP contribution in [0.1, 0.15) is 12.5 Å². The van der Waals surface area contributed by atoms with Gasteiger partial charge in [-0.25, -0.2) is 4.98 Å². The lowest BCUT2D eigenvalue weighted by atomic mass is 10.2. The Hall–Kier alpha value is -2.55. The van der Waals surface area contributed by atoms with E-state index >= 15 is 0 Å². The molecule has 4 N–H and O–H groups in total. The molecule has 112 valence electrons. The molecule has 0 bridgehead atoms. The smallest absolute Gasteiger partial charge is 0.280 e. The number of aryl methyl sites for hydroxylation is 1. The number of sulfonamides is 1. The Labute approximate surface area is 122 Å². The molecule has 0 saturated heterocycles. The Kier molecular flexibility index (Phi) is 4.13. The van der Waals surface area contributed by atoms with Crippen LogP contribution in [0.15, 0.2) is 47.0 Å². The van der Waals surface area contributed by atoms with Gasteiger partial charge in [0.2, 0.25) is 0 Å². The molecular formula is C12H15N5O3S. The number of nitrogens with two attached hydrogens (primary N) is 1. The van der Waals surface area contributed by atoms with E-state index < -0.39 is 10.0 Å². The average Bonchev–Trinajstić information content (AvgIpc) is 2.96. The predicted molar refractivity (Wildman–Crippen MR) is 77.7 cm³/mol. The second-order valence-corrected chi connectivity index (χ2v) is 5.84. The van der Waals surface area contributed by atoms with Gasteiger partial charge in [-0.3, -0.25) is 4.72 Å². The lowest BCUT2D eigenvalue weighted by molar-refractivity contribution is 0.318. The summed E-state index contributed by atoms with van der Waals surface area (Å²) < 4.78 is 28.4. The van der Waals surface area contributed by atoms with Crippen LogP contribution < -0.4 is 10.5 Å². The van der Waals surface area contributed by atoms with Crippen molar-refractivity contribution < 1.29 is 13.6 Å². The molecule has 2 aromatic rings. The summed E-state index contributed by atoms with van der Waals surface area (Å²) in [5.41, 5.74) is 6.16. The number of nitrogens with zero attached hydrogens (tertiary/aromatic N) is 3. The van der Waals surface area contributed by atoms with Gasteiger partial charge in [0.25, 0.3) is 10.0 Å². The Bertz CT molecular complexity index is 767. The number of rotatable bonds is 5. The number of nitrogens with one attached hydrogen (secondary N) is 1. The summed E-state index contributed by atoms with van der Waals surface area (Å²) in [5.74, 6) is -0.105. The quantitative estimate of drug-likeness (QED) is 0.326. The molecule has 0 fully saturated rings. The summed E-state index contributed by atoms with van der Waals surface area (Å²) in [6.07, 6.45) is 2.89. The summed E-state index contributed by atoms with van der Waals surface area (Å²) in [4.78, 5) is 3.85. The van der Waals surface area contributed by atoms with Gasteiger partial charge in [-0.15, -0.1) is 0 Å². The number of aromatic nitrogens is 2. The van der Waals surface area contributed by atoms with Gasteiger partial charge in [-0.05, 0) is 19.1 Å². The van der Waals surface area contributed by atoms with Crippen LogP contribution in [0.4, 0.5) is 5.69 Å². The molecule has 0 saturated carbocycles. The highest BCUT2D eigenvalue weighted by atomic mass is 32.2. The predicted octanol–water partition coefficient (Wildman–Crippen LogP) is 0.798. The summed E-state index contributed by atoms with van der Waals surface area (Å²) in [6.45, 7) is 2.51. The molecule has 2 rings (SSSR count). The minimum absolute atomic E-state index is 0.0708. The van der Waals surface area contributed by atoms with Crippen molar-refractivity contribution in [3.05, 3.63) is 42.4 Å². The molecule has 0 aliphatic carbocycles. The monoisotopic (exact) mass is 309 g/mol. The molecule has 1 aromatic carbocycles. The SMILES string of the molecule is CCn1cnc(S(=O)(=O)Nc2cccc(C(N)=NO)c2)c1. The first-order valence-corrected chi connectivity index (χ1v) is 7.57. The third-order valence-corrected chi connectivity index (χ3v) is 4.03. The van der Waals surface area contributed by atoms with Crippen LogP contribution in [0.5, 0.6) is 0 Å². The van der Waals surface area contributed by atoms with Crippen LogP contribution in [-0.4, -0.2) is 29.0 Å². The number of hydrogen-bond acceptors (Lipinski definition) is 5. The molecule has 0 aliphatic heterocycles. The van der Waals surface area contributed by atoms with Crippen LogP contribution in [-0.2, 0) is 16.6 Å². The molecule has 21 heavy (non-hydrogen) atoms. The maximum Gasteiger partial charge on any atom is 0.280 e. The van der Waals surface area contributed by atoms with E-state index in [1.165, 1.54) is 18.6 Å². The van der Waals surface area contributed by atoms with Crippen LogP contribution in [0.3, 0.4) is 0 Å². The van der Waals surface area contributed by atoms with E-state index in [-0.39, 0.29) is 10.9 Å². The summed E-state index contributed by atoms with van der Waals surface area (Å²) in [5, 5.41) is 11.4. The number of oxime groups is 1. The molecule has 0 aliphatic rings. The van der Waals surface area contributed by atoms with Crippen molar-refractivity contribution >= 4 is 21.5 Å². The Morgan fingerprint density at radius 2 is 2.29 bits per heavy atom. The maximum atomic E-state index is 12.2. The van der Waals surface area contributed by atoms with E-state index in [1.807, 2.05) is 6.92 Å². The molecule has 0 atom stereocenters. The van der Waals surface area contributed by atoms with Crippen LogP contribution in [0.25, 0.3) is 0 Å². The largest absolute Gasteiger partial charge is 0.409 e. The summed E-state index contributed by atoms with van der Waals surface area (Å²) >= 11 is 0. The van der Waals surface area contributed by atoms with E-state index in [4.69, 9.17) is 10.9 Å². The van der Waals surface area contributed by atoms with Gasteiger partial charge in [-0.2, -0.15) is 8.42 Å². The third-order valence-electron chi connectivity index (χ3n) is 2.77. The van der Waals surface area contributed by atoms with Gasteiger partial charge in [-0.1, -0.05) is 17.3 Å². The molecular weight excluding hydrogens is 294 g/mol. The highest BCUT2D eigenvalue weighted by Crippen LogP contribution is 2.16. The fourth-order valence-electron chi connectivity index (χ4n) is 1.66. The highest BCUT2D eigenvalue weighted by molar-refractivity contribution is 7.92. The molecule has 0 radical (unpaired) electrons. The first-order valence-electron chi connectivity index (χ1n) is 6.09. The molecule has 1 aromatic heterocycles. The second kappa shape index (κ2) is 5.83. The van der Waals surface area contributed by atoms with E-state index in [9.17, 15) is 8.42 Å². The van der Waals surface area contributed by atoms with Crippen molar-refractivity contribution in [2.45, 2.75) is 18.5 Å². The average molecular weight is 309 g/mol. The van der Waals surface area contributed by atoms with E-state index in [0.29, 0.717) is 17.8 Å². The number of amidine groups is 1. The van der Waals surface area contributed by atoms with Gasteiger partial charge >= 0.3 is 0 Å². The molecule has 0 amide bonds. The van der Waals surface area contributed by atoms with Gasteiger partial charge in [0.05, 0.1) is 6.33 Å². The summed E-state index contributed by atoms with van der Waals surface area (Å²) in [7, 11) is -3.78. The molecule has 0 spiro atoms. The van der Waals surface area contributed by atoms with Gasteiger partial charge in [0.1, 0.15) is 0 Å². The Morgan fingerprint density at radius 3 is 2.90 bits per heavy atom. The first kappa shape index (κ1) is 14.9. The zero-order valence-electron chi connectivity index (χ0n) is 11.3. The van der Waals surface area contributed by atoms with Crippen LogP contribution >= 0.6 is 0 Å². The Morgan fingerprint density at radius 1 is 1.52 bits per heavy atom. The van der Waals surface area contributed by atoms with Crippen molar-refractivity contribution in [1.82, 2.24) is 9.55 Å². The third kappa shape index (κ3) is 3.31. The van der Waals surface area contributed by atoms with Gasteiger partial charge < -0.3 is 15.5 Å². The topological polar surface area (TPSA) is 123 Å². The van der Waals surface area contributed by atoms with E-state index in [1.54, 1.807) is 22.8 Å². The first-order chi connectivity index (χ1) is 9.96. The number of hydrogen-bond donors (Lipinski definition) is 3. The lowest BCUT2D eigenvalue weighted by Crippen LogP contribution is -2.16. The fourth-order valence-corrected chi connectivity index (χ4v) is 2.66. The summed E-state index contributed by atoms with van der Waals surface area (Å²) in [6, 6.07) is 6.21. The zero-order chi connectivity index (χ0) is 15.5. The zero-order valence-corrected chi connectivity index (χ0v) is 12.1. The van der Waals surface area contributed by atoms with Crippen molar-refractivity contribution in [2.75, 3.05) is 4.72 Å². The minimum Gasteiger partial charge on any atom is -0.409 e. The van der Waals surface area contributed by atoms with Gasteiger partial charge in [0, 0.05) is 24.0 Å². The molecule has 1 heterocycles. The lowest BCUT2D eigenvalue weighted by Gasteiger charge is -2.07. The Balaban J connectivity index is 2.28.